The van der Waals surface area contributed by atoms with E-state index in [2.05, 4.69) is 21.5 Å². The molecular formula is C17H27ClFN5O. The molecule has 2 saturated heterocycles. The van der Waals surface area contributed by atoms with Crippen LogP contribution in [0.5, 0.6) is 0 Å². The van der Waals surface area contributed by atoms with Crippen molar-refractivity contribution >= 4 is 18.3 Å². The zero-order valence-electron chi connectivity index (χ0n) is 14.6. The molecule has 0 saturated carbocycles. The monoisotopic (exact) mass is 371 g/mol. The number of fused-ring (bicyclic) bond motifs is 1. The van der Waals surface area contributed by atoms with Crippen molar-refractivity contribution in [2.24, 2.45) is 5.92 Å². The highest BCUT2D eigenvalue weighted by Gasteiger charge is 2.41. The second-order valence-corrected chi connectivity index (χ2v) is 6.81. The van der Waals surface area contributed by atoms with Gasteiger partial charge in [-0.15, -0.1) is 12.4 Å². The highest BCUT2D eigenvalue weighted by molar-refractivity contribution is 5.85. The van der Waals surface area contributed by atoms with Gasteiger partial charge in [0.1, 0.15) is 11.9 Å². The molecule has 4 atom stereocenters. The average molecular weight is 372 g/mol. The van der Waals surface area contributed by atoms with E-state index in [0.29, 0.717) is 12.6 Å². The Labute approximate surface area is 154 Å². The minimum absolute atomic E-state index is 0. The largest absolute Gasteiger partial charge is 0.353 e. The van der Waals surface area contributed by atoms with Crippen LogP contribution in [0.15, 0.2) is 24.3 Å². The molecule has 4 unspecified atom stereocenters. The Morgan fingerprint density at radius 2 is 2.04 bits per heavy atom. The predicted molar refractivity (Wildman–Crippen MR) is 97.9 cm³/mol. The molecule has 2 aliphatic rings. The van der Waals surface area contributed by atoms with Crippen molar-refractivity contribution in [3.05, 3.63) is 35.6 Å². The number of piperidine rings is 1. The highest BCUT2D eigenvalue weighted by atomic mass is 35.5. The van der Waals surface area contributed by atoms with Crippen molar-refractivity contribution in [2.45, 2.75) is 24.5 Å². The van der Waals surface area contributed by atoms with Gasteiger partial charge in [-0.3, -0.25) is 10.2 Å². The first kappa shape index (κ1) is 20.1. The zero-order chi connectivity index (χ0) is 17.1. The summed E-state index contributed by atoms with van der Waals surface area (Å²) < 4.78 is 13.1. The molecule has 1 aromatic rings. The summed E-state index contributed by atoms with van der Waals surface area (Å²) in [5, 5.41) is 6.40. The summed E-state index contributed by atoms with van der Waals surface area (Å²) in [7, 11) is 3.91. The molecule has 1 aromatic carbocycles. The van der Waals surface area contributed by atoms with Crippen LogP contribution in [0.1, 0.15) is 18.0 Å². The molecule has 2 heterocycles. The zero-order valence-corrected chi connectivity index (χ0v) is 15.4. The van der Waals surface area contributed by atoms with E-state index in [4.69, 9.17) is 0 Å². The Hall–Kier alpha value is -1.25. The molecule has 6 nitrogen and oxygen atoms in total. The van der Waals surface area contributed by atoms with Gasteiger partial charge in [0.15, 0.2) is 0 Å². The normalized spacial score (nSPS) is 26.6. The van der Waals surface area contributed by atoms with Gasteiger partial charge in [0, 0.05) is 25.0 Å². The Kier molecular flexibility index (Phi) is 7.15. The summed E-state index contributed by atoms with van der Waals surface area (Å²) in [5.41, 5.74) is 7.35. The number of nitrogens with one attached hydrogen (secondary N) is 4. The number of carbonyl (C=O) groups is 1. The molecule has 25 heavy (non-hydrogen) atoms. The first-order valence-electron chi connectivity index (χ1n) is 8.47. The van der Waals surface area contributed by atoms with Crippen molar-refractivity contribution in [2.75, 3.05) is 33.7 Å². The summed E-state index contributed by atoms with van der Waals surface area (Å²) >= 11 is 0. The standard InChI is InChI=1S/C17H26FN5O.ClH/c1-23(2)15(11-3-5-12(18)6-4-11)10-20-17(24)16-13-9-19-8-7-14(13)21-22-16;/h3-6,13-16,19,21-22H,7-10H2,1-2H3,(H,20,24);1H. The van der Waals surface area contributed by atoms with E-state index in [1.54, 1.807) is 12.1 Å². The van der Waals surface area contributed by atoms with Gasteiger partial charge in [0.2, 0.25) is 5.91 Å². The molecule has 0 bridgehead atoms. The number of likely N-dealkylation sites (N-methyl/N-ethyl adjacent to an activating group) is 1. The van der Waals surface area contributed by atoms with Gasteiger partial charge in [-0.05, 0) is 44.8 Å². The summed E-state index contributed by atoms with van der Waals surface area (Å²) in [5.74, 6) is 0.0207. The summed E-state index contributed by atoms with van der Waals surface area (Å²) in [6.07, 6.45) is 1.03. The van der Waals surface area contributed by atoms with Gasteiger partial charge < -0.3 is 15.5 Å². The van der Waals surface area contributed by atoms with Crippen LogP contribution in [0.25, 0.3) is 0 Å². The van der Waals surface area contributed by atoms with Crippen LogP contribution in [0, 0.1) is 11.7 Å². The molecule has 1 amide bonds. The van der Waals surface area contributed by atoms with Crippen LogP contribution >= 0.6 is 12.4 Å². The maximum Gasteiger partial charge on any atom is 0.238 e. The lowest BCUT2D eigenvalue weighted by atomic mass is 9.89. The number of hydrazine groups is 1. The van der Waals surface area contributed by atoms with Crippen LogP contribution in [0.4, 0.5) is 4.39 Å². The van der Waals surface area contributed by atoms with E-state index >= 15 is 0 Å². The maximum atomic E-state index is 13.1. The van der Waals surface area contributed by atoms with E-state index < -0.39 is 0 Å². The molecule has 140 valence electrons. The van der Waals surface area contributed by atoms with E-state index in [0.717, 1.165) is 25.1 Å². The number of nitrogens with zero attached hydrogens (tertiary/aromatic N) is 1. The molecule has 0 radical (unpaired) electrons. The van der Waals surface area contributed by atoms with Crippen LogP contribution < -0.4 is 21.5 Å². The topological polar surface area (TPSA) is 68.4 Å². The van der Waals surface area contributed by atoms with Crippen LogP contribution in [-0.2, 0) is 4.79 Å². The molecule has 0 aliphatic carbocycles. The van der Waals surface area contributed by atoms with Crippen LogP contribution in [0.3, 0.4) is 0 Å². The maximum absolute atomic E-state index is 13.1. The van der Waals surface area contributed by atoms with Gasteiger partial charge in [-0.25, -0.2) is 9.82 Å². The minimum atomic E-state index is -0.252. The average Bonchev–Trinajstić information content (AvgIpc) is 3.00. The quantitative estimate of drug-likeness (QED) is 0.604. The van der Waals surface area contributed by atoms with Crippen LogP contribution in [-0.4, -0.2) is 56.6 Å². The summed E-state index contributed by atoms with van der Waals surface area (Å²) in [6.45, 7) is 2.32. The summed E-state index contributed by atoms with van der Waals surface area (Å²) in [4.78, 5) is 14.6. The SMILES string of the molecule is CN(C)C(CNC(=O)C1NNC2CCNCC21)c1ccc(F)cc1.Cl. The third-order valence-electron chi connectivity index (χ3n) is 5.01. The molecule has 0 spiro atoms. The molecule has 4 N–H and O–H groups in total. The third-order valence-corrected chi connectivity index (χ3v) is 5.01. The highest BCUT2D eigenvalue weighted by Crippen LogP contribution is 2.21. The second kappa shape index (κ2) is 8.91. The molecular weight excluding hydrogens is 345 g/mol. The van der Waals surface area contributed by atoms with Crippen molar-refractivity contribution in [1.82, 2.24) is 26.4 Å². The summed E-state index contributed by atoms with van der Waals surface area (Å²) in [6, 6.07) is 6.57. The van der Waals surface area contributed by atoms with Gasteiger partial charge in [0.05, 0.1) is 6.04 Å². The van der Waals surface area contributed by atoms with Gasteiger partial charge >= 0.3 is 0 Å². The molecule has 0 aromatic heterocycles. The van der Waals surface area contributed by atoms with E-state index in [1.165, 1.54) is 12.1 Å². The first-order valence-corrected chi connectivity index (χ1v) is 8.47. The number of carbonyl (C=O) groups excluding carboxylic acids is 1. The molecule has 8 heteroatoms. The fourth-order valence-corrected chi connectivity index (χ4v) is 3.57. The number of rotatable bonds is 5. The van der Waals surface area contributed by atoms with Crippen molar-refractivity contribution < 1.29 is 9.18 Å². The molecule has 2 fully saturated rings. The molecule has 3 rings (SSSR count). The number of hydrogen-bond acceptors (Lipinski definition) is 5. The third kappa shape index (κ3) is 4.68. The van der Waals surface area contributed by atoms with Gasteiger partial charge in [-0.1, -0.05) is 12.1 Å². The fourth-order valence-electron chi connectivity index (χ4n) is 3.57. The number of benzene rings is 1. The van der Waals surface area contributed by atoms with Crippen molar-refractivity contribution in [3.8, 4) is 0 Å². The molecule has 2 aliphatic heterocycles. The van der Waals surface area contributed by atoms with Crippen molar-refractivity contribution in [1.29, 1.82) is 0 Å². The van der Waals surface area contributed by atoms with Crippen molar-refractivity contribution in [3.63, 3.8) is 0 Å². The number of halogens is 2. The Bertz CT molecular complexity index is 571. The lowest BCUT2D eigenvalue weighted by Gasteiger charge is -2.29. The Morgan fingerprint density at radius 3 is 2.72 bits per heavy atom. The Balaban J connectivity index is 0.00000225. The smallest absolute Gasteiger partial charge is 0.238 e. The van der Waals surface area contributed by atoms with Gasteiger partial charge in [-0.2, -0.15) is 0 Å². The number of hydrogen-bond donors (Lipinski definition) is 4. The minimum Gasteiger partial charge on any atom is -0.353 e. The fraction of sp³-hybridized carbons (Fsp3) is 0.588. The van der Waals surface area contributed by atoms with Gasteiger partial charge in [0.25, 0.3) is 0 Å². The Morgan fingerprint density at radius 1 is 1.32 bits per heavy atom. The lowest BCUT2D eigenvalue weighted by molar-refractivity contribution is -0.124. The van der Waals surface area contributed by atoms with E-state index in [9.17, 15) is 9.18 Å². The van der Waals surface area contributed by atoms with Crippen LogP contribution in [0.2, 0.25) is 0 Å². The van der Waals surface area contributed by atoms with E-state index in [-0.39, 0.29) is 42.1 Å². The first-order chi connectivity index (χ1) is 11.6. The number of amides is 1. The predicted octanol–water partition coefficient (Wildman–Crippen LogP) is 0.421. The van der Waals surface area contributed by atoms with E-state index in [1.807, 2.05) is 19.0 Å². The second-order valence-electron chi connectivity index (χ2n) is 6.81. The lowest BCUT2D eigenvalue weighted by Crippen LogP contribution is -2.50.